The molecule has 40 heavy (non-hydrogen) atoms. The molecule has 3 N–H and O–H groups in total. The van der Waals surface area contributed by atoms with Crippen LogP contribution in [0.4, 0.5) is 5.82 Å². The van der Waals surface area contributed by atoms with Crippen LogP contribution in [0.2, 0.25) is 0 Å². The van der Waals surface area contributed by atoms with Crippen LogP contribution in [0, 0.1) is 0 Å². The maximum Gasteiger partial charge on any atom is 0.546 e. The SMILES string of the molecule is CCO[P+](=O)C(C)(CO)OC[C@H]1O[C@@H](n2ncc3c(NC4CCCC4)nc(CCCO)nc32)[C@@H]2OC(C)(C)O[C@@H]21. The topological polar surface area (TPSA) is 159 Å². The number of nitrogens with one attached hydrogen (secondary N) is 1. The molecular weight excluding hydrogens is 541 g/mol. The fourth-order valence-corrected chi connectivity index (χ4v) is 6.34. The van der Waals surface area contributed by atoms with Gasteiger partial charge in [-0.25, -0.2) is 14.6 Å². The number of rotatable bonds is 13. The van der Waals surface area contributed by atoms with Gasteiger partial charge < -0.3 is 34.5 Å². The molecule has 0 spiro atoms. The van der Waals surface area contributed by atoms with Gasteiger partial charge in [-0.05, 0) is 44.6 Å². The fourth-order valence-electron chi connectivity index (χ4n) is 5.54. The Hall–Kier alpha value is -1.83. The number of aromatic nitrogens is 4. The molecule has 0 aromatic carbocycles. The molecule has 13 nitrogen and oxygen atoms in total. The second kappa shape index (κ2) is 12.2. The lowest BCUT2D eigenvalue weighted by atomic mass is 10.1. The number of anilines is 1. The summed E-state index contributed by atoms with van der Waals surface area (Å²) >= 11 is 0. The molecule has 0 bridgehead atoms. The summed E-state index contributed by atoms with van der Waals surface area (Å²) in [5.41, 5.74) is 0.599. The highest BCUT2D eigenvalue weighted by Gasteiger charge is 2.58. The maximum atomic E-state index is 12.6. The van der Waals surface area contributed by atoms with E-state index in [0.717, 1.165) is 24.0 Å². The number of aliphatic hydroxyl groups excluding tert-OH is 2. The van der Waals surface area contributed by atoms with E-state index >= 15 is 0 Å². The van der Waals surface area contributed by atoms with Crippen molar-refractivity contribution < 1.29 is 38.2 Å². The van der Waals surface area contributed by atoms with Crippen molar-refractivity contribution in [3.8, 4) is 0 Å². The molecule has 14 heteroatoms. The molecule has 2 unspecified atom stereocenters. The molecule has 0 amide bonds. The molecule has 2 saturated heterocycles. The predicted octanol–water partition coefficient (Wildman–Crippen LogP) is 3.03. The Morgan fingerprint density at radius 3 is 2.67 bits per heavy atom. The first kappa shape index (κ1) is 29.7. The van der Waals surface area contributed by atoms with Crippen molar-refractivity contribution in [1.82, 2.24) is 19.7 Å². The van der Waals surface area contributed by atoms with E-state index in [0.29, 0.717) is 30.4 Å². The number of aliphatic hydroxyl groups is 2. The van der Waals surface area contributed by atoms with Crippen molar-refractivity contribution in [2.45, 2.75) is 108 Å². The summed E-state index contributed by atoms with van der Waals surface area (Å²) in [6, 6.07) is 0.345. The Kier molecular flexibility index (Phi) is 9.03. The van der Waals surface area contributed by atoms with Crippen molar-refractivity contribution >= 4 is 24.9 Å². The fraction of sp³-hybridized carbons (Fsp3) is 0.808. The molecular formula is C26H41N5O8P+. The van der Waals surface area contributed by atoms with Crippen LogP contribution >= 0.6 is 8.03 Å². The molecule has 3 aliphatic rings. The molecule has 5 rings (SSSR count). The Morgan fingerprint density at radius 2 is 1.98 bits per heavy atom. The third-order valence-corrected chi connectivity index (χ3v) is 9.14. The summed E-state index contributed by atoms with van der Waals surface area (Å²) in [4.78, 5) is 9.59. The molecule has 0 radical (unpaired) electrons. The van der Waals surface area contributed by atoms with Gasteiger partial charge in [0, 0.05) is 26.0 Å². The minimum absolute atomic E-state index is 0.00721. The van der Waals surface area contributed by atoms with Crippen LogP contribution in [0.15, 0.2) is 6.20 Å². The maximum absolute atomic E-state index is 12.6. The molecule has 3 fully saturated rings. The van der Waals surface area contributed by atoms with Gasteiger partial charge in [0.05, 0.1) is 24.8 Å². The molecule has 222 valence electrons. The van der Waals surface area contributed by atoms with E-state index < -0.39 is 50.3 Å². The van der Waals surface area contributed by atoms with E-state index in [4.69, 9.17) is 33.4 Å². The average molecular weight is 583 g/mol. The summed E-state index contributed by atoms with van der Waals surface area (Å²) in [5, 5.41) is 27.0. The summed E-state index contributed by atoms with van der Waals surface area (Å²) in [6.07, 6.45) is 5.06. The van der Waals surface area contributed by atoms with Crippen LogP contribution in [-0.2, 0) is 34.5 Å². The van der Waals surface area contributed by atoms with Crippen molar-refractivity contribution in [2.24, 2.45) is 0 Å². The van der Waals surface area contributed by atoms with Gasteiger partial charge in [-0.15, -0.1) is 4.52 Å². The van der Waals surface area contributed by atoms with Crippen LogP contribution in [-0.4, -0.2) is 91.9 Å². The Bertz CT molecular complexity index is 1190. The van der Waals surface area contributed by atoms with Gasteiger partial charge in [0.1, 0.15) is 36.6 Å². The lowest BCUT2D eigenvalue weighted by Gasteiger charge is -2.25. The summed E-state index contributed by atoms with van der Waals surface area (Å²) < 4.78 is 44.4. The number of aryl methyl sites for hydroxylation is 1. The smallest absolute Gasteiger partial charge is 0.396 e. The van der Waals surface area contributed by atoms with Gasteiger partial charge in [-0.3, -0.25) is 0 Å². The lowest BCUT2D eigenvalue weighted by Crippen LogP contribution is -2.38. The highest BCUT2D eigenvalue weighted by Crippen LogP contribution is 2.46. The summed E-state index contributed by atoms with van der Waals surface area (Å²) in [6.45, 7) is 6.74. The van der Waals surface area contributed by atoms with Gasteiger partial charge in [0.15, 0.2) is 17.7 Å². The van der Waals surface area contributed by atoms with E-state index in [1.165, 1.54) is 12.8 Å². The summed E-state index contributed by atoms with van der Waals surface area (Å²) in [7, 11) is -2.28. The highest BCUT2D eigenvalue weighted by atomic mass is 31.1. The Balaban J connectivity index is 1.44. The normalized spacial score (nSPS) is 28.2. The quantitative estimate of drug-likeness (QED) is 0.297. The summed E-state index contributed by atoms with van der Waals surface area (Å²) in [5.74, 6) is 0.472. The standard InChI is InChI=1S/C26H41N5O8P/c1-5-36-40(34)26(4,15-33)35-14-18-20-21(39-25(2,3)38-20)24(37-18)31-23-17(13-27-31)22(28-16-9-6-7-10-16)29-19(30-23)11-8-12-32/h13,16,18,20-21,24,32-33H,5-12,14-15H2,1-4H3,(H,28,29,30)/q+1/t18-,20-,21-,24-,26?/m1/s1. The van der Waals surface area contributed by atoms with Crippen LogP contribution in [0.1, 0.15) is 71.9 Å². The highest BCUT2D eigenvalue weighted by molar-refractivity contribution is 7.40. The second-order valence-corrected chi connectivity index (χ2v) is 12.9. The van der Waals surface area contributed by atoms with Crippen LogP contribution in [0.5, 0.6) is 0 Å². The van der Waals surface area contributed by atoms with Crippen molar-refractivity contribution in [3.05, 3.63) is 12.0 Å². The van der Waals surface area contributed by atoms with E-state index in [1.54, 1.807) is 24.7 Å². The molecule has 2 aromatic heterocycles. The number of fused-ring (bicyclic) bond motifs is 2. The van der Waals surface area contributed by atoms with Crippen molar-refractivity contribution in [1.29, 1.82) is 0 Å². The van der Waals surface area contributed by atoms with Crippen molar-refractivity contribution in [2.75, 3.05) is 31.7 Å². The first-order valence-corrected chi connectivity index (χ1v) is 15.3. The Labute approximate surface area is 234 Å². The van der Waals surface area contributed by atoms with E-state index in [-0.39, 0.29) is 19.8 Å². The average Bonchev–Trinajstić information content (AvgIpc) is 3.71. The lowest BCUT2D eigenvalue weighted by molar-refractivity contribution is -0.206. The molecule has 6 atom stereocenters. The van der Waals surface area contributed by atoms with Crippen LogP contribution < -0.4 is 5.32 Å². The second-order valence-electron chi connectivity index (χ2n) is 11.2. The Morgan fingerprint density at radius 1 is 1.23 bits per heavy atom. The number of nitrogens with zero attached hydrogens (tertiary/aromatic N) is 4. The third kappa shape index (κ3) is 6.03. The zero-order chi connectivity index (χ0) is 28.5. The van der Waals surface area contributed by atoms with Crippen LogP contribution in [0.25, 0.3) is 11.0 Å². The van der Waals surface area contributed by atoms with Gasteiger partial charge in [-0.2, -0.15) is 5.10 Å². The number of hydrogen-bond acceptors (Lipinski definition) is 12. The minimum Gasteiger partial charge on any atom is -0.396 e. The minimum atomic E-state index is -2.28. The van der Waals surface area contributed by atoms with E-state index in [9.17, 15) is 14.8 Å². The molecule has 2 aliphatic heterocycles. The number of ether oxygens (including phenoxy) is 4. The number of hydrogen-bond donors (Lipinski definition) is 3. The third-order valence-electron chi connectivity index (χ3n) is 7.61. The molecule has 4 heterocycles. The van der Waals surface area contributed by atoms with Gasteiger partial charge in [0.2, 0.25) is 0 Å². The predicted molar refractivity (Wildman–Crippen MR) is 145 cm³/mol. The molecule has 1 saturated carbocycles. The molecule has 1 aliphatic carbocycles. The largest absolute Gasteiger partial charge is 0.546 e. The van der Waals surface area contributed by atoms with Gasteiger partial charge in [0.25, 0.3) is 0 Å². The van der Waals surface area contributed by atoms with Gasteiger partial charge in [-0.1, -0.05) is 12.8 Å². The first-order valence-electron chi connectivity index (χ1n) is 14.2. The zero-order valence-electron chi connectivity index (χ0n) is 23.6. The first-order chi connectivity index (χ1) is 19.2. The monoisotopic (exact) mass is 582 g/mol. The zero-order valence-corrected chi connectivity index (χ0v) is 24.5. The van der Waals surface area contributed by atoms with Crippen LogP contribution in [0.3, 0.4) is 0 Å². The van der Waals surface area contributed by atoms with Gasteiger partial charge >= 0.3 is 13.4 Å². The van der Waals surface area contributed by atoms with E-state index in [2.05, 4.69) is 10.4 Å². The van der Waals surface area contributed by atoms with Crippen molar-refractivity contribution in [3.63, 3.8) is 0 Å². The van der Waals surface area contributed by atoms with E-state index in [1.807, 2.05) is 13.8 Å². The molecule has 2 aromatic rings.